The number of carbonyl (C=O) groups is 1. The van der Waals surface area contributed by atoms with Gasteiger partial charge in [-0.25, -0.2) is 0 Å². The Morgan fingerprint density at radius 3 is 3.07 bits per heavy atom. The minimum absolute atomic E-state index is 0.00368. The molecule has 1 aromatic rings. The SMILES string of the molecule is C[C@@H](NC(=O)CCCN)c1cccnc1. The lowest BCUT2D eigenvalue weighted by Crippen LogP contribution is -2.26. The summed E-state index contributed by atoms with van der Waals surface area (Å²) in [5.74, 6) is 0.0387. The second-order valence-corrected chi connectivity index (χ2v) is 3.47. The van der Waals surface area contributed by atoms with E-state index in [0.29, 0.717) is 13.0 Å². The van der Waals surface area contributed by atoms with Crippen molar-refractivity contribution in [3.63, 3.8) is 0 Å². The quantitative estimate of drug-likeness (QED) is 0.756. The molecule has 4 heteroatoms. The molecule has 1 rings (SSSR count). The van der Waals surface area contributed by atoms with Gasteiger partial charge in [0.2, 0.25) is 5.91 Å². The van der Waals surface area contributed by atoms with E-state index in [-0.39, 0.29) is 11.9 Å². The molecular formula is C11H17N3O. The lowest BCUT2D eigenvalue weighted by molar-refractivity contribution is -0.121. The van der Waals surface area contributed by atoms with Gasteiger partial charge in [-0.3, -0.25) is 9.78 Å². The van der Waals surface area contributed by atoms with E-state index in [1.807, 2.05) is 19.1 Å². The molecule has 1 atom stereocenters. The molecule has 82 valence electrons. The second-order valence-electron chi connectivity index (χ2n) is 3.47. The third-order valence-corrected chi connectivity index (χ3v) is 2.17. The van der Waals surface area contributed by atoms with Gasteiger partial charge in [-0.05, 0) is 31.5 Å². The molecule has 0 aliphatic heterocycles. The normalized spacial score (nSPS) is 12.1. The van der Waals surface area contributed by atoms with Crippen molar-refractivity contribution in [2.24, 2.45) is 5.73 Å². The first-order chi connectivity index (χ1) is 7.24. The maximum atomic E-state index is 11.4. The lowest BCUT2D eigenvalue weighted by atomic mass is 10.1. The van der Waals surface area contributed by atoms with Gasteiger partial charge >= 0.3 is 0 Å². The van der Waals surface area contributed by atoms with Crippen LogP contribution >= 0.6 is 0 Å². The van der Waals surface area contributed by atoms with Gasteiger partial charge in [0.15, 0.2) is 0 Å². The third kappa shape index (κ3) is 4.08. The van der Waals surface area contributed by atoms with Crippen LogP contribution in [0.5, 0.6) is 0 Å². The Bertz CT molecular complexity index is 300. The predicted octanol–water partition coefficient (Wildman–Crippen LogP) is 0.998. The number of hydrogen-bond acceptors (Lipinski definition) is 3. The highest BCUT2D eigenvalue weighted by molar-refractivity contribution is 5.76. The summed E-state index contributed by atoms with van der Waals surface area (Å²) in [4.78, 5) is 15.4. The van der Waals surface area contributed by atoms with Gasteiger partial charge < -0.3 is 11.1 Å². The summed E-state index contributed by atoms with van der Waals surface area (Å²) < 4.78 is 0. The van der Waals surface area contributed by atoms with Crippen molar-refractivity contribution >= 4 is 5.91 Å². The molecule has 0 fully saturated rings. The van der Waals surface area contributed by atoms with Gasteiger partial charge in [0.25, 0.3) is 0 Å². The van der Waals surface area contributed by atoms with Gasteiger partial charge in [0.05, 0.1) is 6.04 Å². The highest BCUT2D eigenvalue weighted by Gasteiger charge is 2.08. The average molecular weight is 207 g/mol. The molecule has 0 aliphatic rings. The van der Waals surface area contributed by atoms with E-state index in [9.17, 15) is 4.79 Å². The summed E-state index contributed by atoms with van der Waals surface area (Å²) in [6.07, 6.45) is 4.69. The maximum Gasteiger partial charge on any atom is 0.220 e. The number of aromatic nitrogens is 1. The lowest BCUT2D eigenvalue weighted by Gasteiger charge is -2.13. The number of pyridine rings is 1. The molecule has 1 amide bonds. The molecule has 15 heavy (non-hydrogen) atoms. The van der Waals surface area contributed by atoms with Gasteiger partial charge in [0, 0.05) is 18.8 Å². The predicted molar refractivity (Wildman–Crippen MR) is 59.1 cm³/mol. The molecule has 0 aliphatic carbocycles. The highest BCUT2D eigenvalue weighted by Crippen LogP contribution is 2.09. The minimum Gasteiger partial charge on any atom is -0.350 e. The van der Waals surface area contributed by atoms with Crippen molar-refractivity contribution in [1.82, 2.24) is 10.3 Å². The third-order valence-electron chi connectivity index (χ3n) is 2.17. The number of nitrogens with one attached hydrogen (secondary N) is 1. The van der Waals surface area contributed by atoms with Gasteiger partial charge in [-0.15, -0.1) is 0 Å². The summed E-state index contributed by atoms with van der Waals surface area (Å²) >= 11 is 0. The van der Waals surface area contributed by atoms with E-state index >= 15 is 0 Å². The molecule has 3 N–H and O–H groups in total. The Morgan fingerprint density at radius 2 is 2.47 bits per heavy atom. The Morgan fingerprint density at radius 1 is 1.67 bits per heavy atom. The Kier molecular flexibility index (Phi) is 4.77. The van der Waals surface area contributed by atoms with Crippen molar-refractivity contribution in [2.75, 3.05) is 6.54 Å². The largest absolute Gasteiger partial charge is 0.350 e. The number of nitrogens with two attached hydrogens (primary N) is 1. The zero-order valence-corrected chi connectivity index (χ0v) is 8.94. The number of hydrogen-bond donors (Lipinski definition) is 2. The fraction of sp³-hybridized carbons (Fsp3) is 0.455. The monoisotopic (exact) mass is 207 g/mol. The van der Waals surface area contributed by atoms with Crippen LogP contribution in [0.3, 0.4) is 0 Å². The van der Waals surface area contributed by atoms with Crippen LogP contribution in [0.4, 0.5) is 0 Å². The number of rotatable bonds is 5. The molecule has 1 heterocycles. The molecular weight excluding hydrogens is 190 g/mol. The maximum absolute atomic E-state index is 11.4. The van der Waals surface area contributed by atoms with Crippen LogP contribution in [0.25, 0.3) is 0 Å². The van der Waals surface area contributed by atoms with Crippen molar-refractivity contribution in [3.05, 3.63) is 30.1 Å². The van der Waals surface area contributed by atoms with Gasteiger partial charge in [-0.2, -0.15) is 0 Å². The first-order valence-corrected chi connectivity index (χ1v) is 5.13. The highest BCUT2D eigenvalue weighted by atomic mass is 16.1. The number of nitrogens with zero attached hydrogens (tertiary/aromatic N) is 1. The van der Waals surface area contributed by atoms with E-state index in [0.717, 1.165) is 12.0 Å². The molecule has 0 saturated carbocycles. The molecule has 0 spiro atoms. The van der Waals surface area contributed by atoms with E-state index in [2.05, 4.69) is 10.3 Å². The van der Waals surface area contributed by atoms with Crippen molar-refractivity contribution < 1.29 is 4.79 Å². The Labute approximate surface area is 89.9 Å². The van der Waals surface area contributed by atoms with Crippen LogP contribution in [0, 0.1) is 0 Å². The molecule has 0 bridgehead atoms. The molecule has 1 aromatic heterocycles. The van der Waals surface area contributed by atoms with Crippen LogP contribution in [0.15, 0.2) is 24.5 Å². The van der Waals surface area contributed by atoms with E-state index in [4.69, 9.17) is 5.73 Å². The van der Waals surface area contributed by atoms with Gasteiger partial charge in [0.1, 0.15) is 0 Å². The van der Waals surface area contributed by atoms with Crippen LogP contribution in [0.1, 0.15) is 31.4 Å². The zero-order valence-electron chi connectivity index (χ0n) is 8.94. The van der Waals surface area contributed by atoms with E-state index < -0.39 is 0 Å². The average Bonchev–Trinajstić information content (AvgIpc) is 2.27. The fourth-order valence-electron chi connectivity index (χ4n) is 1.29. The van der Waals surface area contributed by atoms with Gasteiger partial charge in [-0.1, -0.05) is 6.07 Å². The van der Waals surface area contributed by atoms with E-state index in [1.54, 1.807) is 12.4 Å². The first-order valence-electron chi connectivity index (χ1n) is 5.13. The van der Waals surface area contributed by atoms with Crippen molar-refractivity contribution in [3.8, 4) is 0 Å². The summed E-state index contributed by atoms with van der Waals surface area (Å²) in [6, 6.07) is 3.81. The Hall–Kier alpha value is -1.42. The summed E-state index contributed by atoms with van der Waals surface area (Å²) in [5, 5.41) is 2.90. The van der Waals surface area contributed by atoms with Crippen LogP contribution < -0.4 is 11.1 Å². The zero-order chi connectivity index (χ0) is 11.1. The minimum atomic E-state index is 0.00368. The fourth-order valence-corrected chi connectivity index (χ4v) is 1.29. The standard InChI is InChI=1S/C11H17N3O/c1-9(10-4-3-7-13-8-10)14-11(15)5-2-6-12/h3-4,7-9H,2,5-6,12H2,1H3,(H,14,15)/t9-/m1/s1. The number of amides is 1. The number of carbonyl (C=O) groups excluding carboxylic acids is 1. The Balaban J connectivity index is 2.42. The summed E-state index contributed by atoms with van der Waals surface area (Å²) in [7, 11) is 0. The smallest absolute Gasteiger partial charge is 0.220 e. The molecule has 0 saturated heterocycles. The summed E-state index contributed by atoms with van der Waals surface area (Å²) in [6.45, 7) is 2.49. The van der Waals surface area contributed by atoms with Crippen LogP contribution in [-0.4, -0.2) is 17.4 Å². The molecule has 4 nitrogen and oxygen atoms in total. The van der Waals surface area contributed by atoms with Crippen LogP contribution in [0.2, 0.25) is 0 Å². The summed E-state index contributed by atoms with van der Waals surface area (Å²) in [5.41, 5.74) is 6.34. The molecule has 0 radical (unpaired) electrons. The topological polar surface area (TPSA) is 68.0 Å². The van der Waals surface area contributed by atoms with Crippen LogP contribution in [-0.2, 0) is 4.79 Å². The van der Waals surface area contributed by atoms with Crippen molar-refractivity contribution in [1.29, 1.82) is 0 Å². The molecule has 0 unspecified atom stereocenters. The van der Waals surface area contributed by atoms with E-state index in [1.165, 1.54) is 0 Å². The van der Waals surface area contributed by atoms with Crippen molar-refractivity contribution in [2.45, 2.75) is 25.8 Å². The first kappa shape index (κ1) is 11.7. The molecule has 0 aromatic carbocycles. The second kappa shape index (κ2) is 6.14.